The van der Waals surface area contributed by atoms with Gasteiger partial charge in [-0.25, -0.2) is 4.98 Å². The molecule has 0 bridgehead atoms. The zero-order valence-electron chi connectivity index (χ0n) is 11.3. The van der Waals surface area contributed by atoms with Crippen LogP contribution in [0.5, 0.6) is 0 Å². The highest BCUT2D eigenvalue weighted by atomic mass is 35.5. The molecule has 0 aliphatic carbocycles. The molecule has 1 rings (SSSR count). The summed E-state index contributed by atoms with van der Waals surface area (Å²) in [5.74, 6) is 0.485. The summed E-state index contributed by atoms with van der Waals surface area (Å²) in [5, 5.41) is 6.24. The number of aromatic nitrogens is 1. The Morgan fingerprint density at radius 1 is 1.39 bits per heavy atom. The van der Waals surface area contributed by atoms with Crippen LogP contribution in [0.25, 0.3) is 0 Å². The summed E-state index contributed by atoms with van der Waals surface area (Å²) in [4.78, 5) is 16.1. The average Bonchev–Trinajstić information content (AvgIpc) is 2.24. The van der Waals surface area contributed by atoms with Crippen molar-refractivity contribution in [1.29, 1.82) is 0 Å². The third-order valence-electron chi connectivity index (χ3n) is 2.19. The van der Waals surface area contributed by atoms with Gasteiger partial charge in [-0.15, -0.1) is 0 Å². The van der Waals surface area contributed by atoms with Crippen molar-refractivity contribution in [3.63, 3.8) is 0 Å². The third kappa shape index (κ3) is 4.92. The van der Waals surface area contributed by atoms with Crippen molar-refractivity contribution in [3.05, 3.63) is 22.8 Å². The van der Waals surface area contributed by atoms with E-state index in [9.17, 15) is 4.79 Å². The van der Waals surface area contributed by atoms with Crippen LogP contribution in [-0.2, 0) is 0 Å². The minimum atomic E-state index is -0.131. The minimum Gasteiger partial charge on any atom is -0.370 e. The SMILES string of the molecule is CCNc1cc(C(=O)NCC(C)(C)C)cc(Cl)n1. The first-order valence-corrected chi connectivity index (χ1v) is 6.39. The highest BCUT2D eigenvalue weighted by Gasteiger charge is 2.14. The Kier molecular flexibility index (Phi) is 4.96. The van der Waals surface area contributed by atoms with Crippen LogP contribution >= 0.6 is 11.6 Å². The van der Waals surface area contributed by atoms with Gasteiger partial charge in [0, 0.05) is 18.7 Å². The Hall–Kier alpha value is -1.29. The Morgan fingerprint density at radius 3 is 2.61 bits per heavy atom. The molecule has 0 aliphatic heterocycles. The fourth-order valence-corrected chi connectivity index (χ4v) is 1.56. The van der Waals surface area contributed by atoms with Crippen molar-refractivity contribution < 1.29 is 4.79 Å². The molecule has 0 aromatic carbocycles. The van der Waals surface area contributed by atoms with Gasteiger partial charge in [-0.3, -0.25) is 4.79 Å². The fraction of sp³-hybridized carbons (Fsp3) is 0.538. The number of amides is 1. The maximum Gasteiger partial charge on any atom is 0.251 e. The summed E-state index contributed by atoms with van der Waals surface area (Å²) in [6, 6.07) is 3.27. The number of nitrogens with zero attached hydrogens (tertiary/aromatic N) is 1. The molecule has 0 aliphatic rings. The van der Waals surface area contributed by atoms with Crippen molar-refractivity contribution in [2.45, 2.75) is 27.7 Å². The largest absolute Gasteiger partial charge is 0.370 e. The zero-order valence-corrected chi connectivity index (χ0v) is 12.1. The van der Waals surface area contributed by atoms with Crippen LogP contribution in [0.3, 0.4) is 0 Å². The number of carbonyl (C=O) groups excluding carboxylic acids is 1. The van der Waals surface area contributed by atoms with Gasteiger partial charge in [0.1, 0.15) is 11.0 Å². The molecule has 1 aromatic heterocycles. The molecule has 0 saturated heterocycles. The van der Waals surface area contributed by atoms with E-state index in [0.29, 0.717) is 23.1 Å². The lowest BCUT2D eigenvalue weighted by Gasteiger charge is -2.18. The predicted molar refractivity (Wildman–Crippen MR) is 75.2 cm³/mol. The molecule has 0 saturated carbocycles. The van der Waals surface area contributed by atoms with Crippen LogP contribution in [0.2, 0.25) is 5.15 Å². The van der Waals surface area contributed by atoms with Crippen molar-refractivity contribution in [2.24, 2.45) is 5.41 Å². The van der Waals surface area contributed by atoms with Crippen molar-refractivity contribution in [1.82, 2.24) is 10.3 Å². The van der Waals surface area contributed by atoms with Gasteiger partial charge in [0.05, 0.1) is 0 Å². The van der Waals surface area contributed by atoms with Gasteiger partial charge >= 0.3 is 0 Å². The molecule has 100 valence electrons. The Bertz CT molecular complexity index is 427. The monoisotopic (exact) mass is 269 g/mol. The molecule has 0 unspecified atom stereocenters. The van der Waals surface area contributed by atoms with Crippen molar-refractivity contribution >= 4 is 23.3 Å². The van der Waals surface area contributed by atoms with Crippen LogP contribution in [0.15, 0.2) is 12.1 Å². The van der Waals surface area contributed by atoms with E-state index in [-0.39, 0.29) is 11.3 Å². The number of hydrogen-bond acceptors (Lipinski definition) is 3. The second-order valence-corrected chi connectivity index (χ2v) is 5.72. The lowest BCUT2D eigenvalue weighted by Crippen LogP contribution is -2.32. The van der Waals surface area contributed by atoms with Crippen LogP contribution in [0, 0.1) is 5.41 Å². The first-order valence-electron chi connectivity index (χ1n) is 6.01. The summed E-state index contributed by atoms with van der Waals surface area (Å²) in [5.41, 5.74) is 0.576. The summed E-state index contributed by atoms with van der Waals surface area (Å²) in [7, 11) is 0. The highest BCUT2D eigenvalue weighted by molar-refractivity contribution is 6.29. The lowest BCUT2D eigenvalue weighted by atomic mass is 9.97. The highest BCUT2D eigenvalue weighted by Crippen LogP contribution is 2.15. The van der Waals surface area contributed by atoms with Crippen molar-refractivity contribution in [3.8, 4) is 0 Å². The van der Waals surface area contributed by atoms with E-state index in [1.54, 1.807) is 12.1 Å². The Balaban J connectivity index is 2.79. The first-order chi connectivity index (χ1) is 8.31. The second kappa shape index (κ2) is 6.05. The standard InChI is InChI=1S/C13H20ClN3O/c1-5-15-11-7-9(6-10(14)17-11)12(18)16-8-13(2,3)4/h6-7H,5,8H2,1-4H3,(H,15,17)(H,16,18). The molecule has 0 atom stereocenters. The van der Waals surface area contributed by atoms with Crippen LogP contribution in [0.1, 0.15) is 38.1 Å². The van der Waals surface area contributed by atoms with Gasteiger partial charge in [0.2, 0.25) is 0 Å². The maximum atomic E-state index is 12.0. The normalized spacial score (nSPS) is 11.2. The van der Waals surface area contributed by atoms with E-state index in [2.05, 4.69) is 36.4 Å². The summed E-state index contributed by atoms with van der Waals surface area (Å²) >= 11 is 5.89. The van der Waals surface area contributed by atoms with E-state index in [0.717, 1.165) is 6.54 Å². The molecule has 0 spiro atoms. The van der Waals surface area contributed by atoms with E-state index < -0.39 is 0 Å². The molecule has 5 heteroatoms. The quantitative estimate of drug-likeness (QED) is 0.827. The topological polar surface area (TPSA) is 54.0 Å². The molecule has 1 heterocycles. The smallest absolute Gasteiger partial charge is 0.251 e. The van der Waals surface area contributed by atoms with E-state index in [1.165, 1.54) is 0 Å². The molecule has 0 radical (unpaired) electrons. The van der Waals surface area contributed by atoms with E-state index in [1.807, 2.05) is 6.92 Å². The van der Waals surface area contributed by atoms with Crippen LogP contribution in [-0.4, -0.2) is 24.0 Å². The average molecular weight is 270 g/mol. The molecule has 2 N–H and O–H groups in total. The van der Waals surface area contributed by atoms with Gasteiger partial charge in [-0.05, 0) is 24.5 Å². The Labute approximate surface area is 113 Å². The van der Waals surface area contributed by atoms with Crippen molar-refractivity contribution in [2.75, 3.05) is 18.4 Å². The second-order valence-electron chi connectivity index (χ2n) is 5.34. The molecule has 1 aromatic rings. The molecular weight excluding hydrogens is 250 g/mol. The number of carbonyl (C=O) groups is 1. The molecule has 0 fully saturated rings. The van der Waals surface area contributed by atoms with E-state index >= 15 is 0 Å². The molecule has 1 amide bonds. The number of hydrogen-bond donors (Lipinski definition) is 2. The first kappa shape index (κ1) is 14.8. The van der Waals surface area contributed by atoms with Crippen LogP contribution in [0.4, 0.5) is 5.82 Å². The Morgan fingerprint density at radius 2 is 2.06 bits per heavy atom. The predicted octanol–water partition coefficient (Wildman–Crippen LogP) is 2.94. The number of rotatable bonds is 4. The fourth-order valence-electron chi connectivity index (χ4n) is 1.35. The molecular formula is C13H20ClN3O. The maximum absolute atomic E-state index is 12.0. The van der Waals surface area contributed by atoms with Gasteiger partial charge in [-0.2, -0.15) is 0 Å². The summed E-state index contributed by atoms with van der Waals surface area (Å²) in [6.07, 6.45) is 0. The summed E-state index contributed by atoms with van der Waals surface area (Å²) < 4.78 is 0. The number of halogens is 1. The van der Waals surface area contributed by atoms with E-state index in [4.69, 9.17) is 11.6 Å². The van der Waals surface area contributed by atoms with Gasteiger partial charge in [0.15, 0.2) is 0 Å². The number of pyridine rings is 1. The number of anilines is 1. The third-order valence-corrected chi connectivity index (χ3v) is 2.39. The van der Waals surface area contributed by atoms with Crippen LogP contribution < -0.4 is 10.6 Å². The summed E-state index contributed by atoms with van der Waals surface area (Å²) in [6.45, 7) is 9.51. The zero-order chi connectivity index (χ0) is 13.8. The lowest BCUT2D eigenvalue weighted by molar-refractivity contribution is 0.0939. The van der Waals surface area contributed by atoms with Gasteiger partial charge in [0.25, 0.3) is 5.91 Å². The molecule has 18 heavy (non-hydrogen) atoms. The van der Waals surface area contributed by atoms with Gasteiger partial charge in [-0.1, -0.05) is 32.4 Å². The van der Waals surface area contributed by atoms with Gasteiger partial charge < -0.3 is 10.6 Å². The molecule has 4 nitrogen and oxygen atoms in total. The minimum absolute atomic E-state index is 0.0526. The number of nitrogens with one attached hydrogen (secondary N) is 2.